The van der Waals surface area contributed by atoms with Gasteiger partial charge in [0.2, 0.25) is 5.95 Å². The summed E-state index contributed by atoms with van der Waals surface area (Å²) >= 11 is 1.74. The van der Waals surface area contributed by atoms with E-state index in [-0.39, 0.29) is 0 Å². The molecular formula is C19H34N6OS. The largest absolute Gasteiger partial charge is 0.377 e. The molecule has 0 unspecified atom stereocenters. The number of nitrogens with one attached hydrogen (secondary N) is 3. The molecule has 0 saturated heterocycles. The van der Waals surface area contributed by atoms with Crippen LogP contribution < -0.4 is 20.3 Å². The van der Waals surface area contributed by atoms with Gasteiger partial charge in [-0.3, -0.25) is 4.72 Å². The summed E-state index contributed by atoms with van der Waals surface area (Å²) in [5.41, 5.74) is 2.36. The van der Waals surface area contributed by atoms with Crippen molar-refractivity contribution in [3.63, 3.8) is 0 Å². The first kappa shape index (κ1) is 21.9. The van der Waals surface area contributed by atoms with E-state index in [0.29, 0.717) is 12.6 Å². The van der Waals surface area contributed by atoms with E-state index in [9.17, 15) is 0 Å². The number of likely N-dealkylation sites (N-methyl/N-ethyl adjacent to an activating group) is 2. The lowest BCUT2D eigenvalue weighted by Crippen LogP contribution is -2.32. The molecule has 0 saturated carbocycles. The smallest absolute Gasteiger partial charge is 0.227 e. The first-order valence-electron chi connectivity index (χ1n) is 9.80. The fourth-order valence-electron chi connectivity index (χ4n) is 2.76. The quantitative estimate of drug-likeness (QED) is 0.369. The van der Waals surface area contributed by atoms with E-state index in [1.807, 2.05) is 13.2 Å². The minimum Gasteiger partial charge on any atom is -0.377 e. The SMILES string of the molecule is CCN(CCNC)c1ncc(C2=CCOCC2)c(NCCSNC(C)C)n1. The fraction of sp³-hybridized carbons (Fsp3) is 0.684. The summed E-state index contributed by atoms with van der Waals surface area (Å²) < 4.78 is 8.83. The Balaban J connectivity index is 2.13. The summed E-state index contributed by atoms with van der Waals surface area (Å²) in [6, 6.07) is 0.480. The molecule has 0 amide bonds. The van der Waals surface area contributed by atoms with Crippen LogP contribution in [0.15, 0.2) is 12.3 Å². The second-order valence-corrected chi connectivity index (χ2v) is 7.65. The Labute approximate surface area is 167 Å². The average molecular weight is 395 g/mol. The number of hydrogen-bond acceptors (Lipinski definition) is 8. The molecule has 0 atom stereocenters. The van der Waals surface area contributed by atoms with Crippen molar-refractivity contribution in [2.24, 2.45) is 0 Å². The van der Waals surface area contributed by atoms with Gasteiger partial charge in [-0.2, -0.15) is 4.98 Å². The van der Waals surface area contributed by atoms with Gasteiger partial charge in [0.1, 0.15) is 5.82 Å². The molecule has 0 radical (unpaired) electrons. The number of rotatable bonds is 12. The Kier molecular flexibility index (Phi) is 9.90. The van der Waals surface area contributed by atoms with Gasteiger partial charge < -0.3 is 20.3 Å². The van der Waals surface area contributed by atoms with Gasteiger partial charge in [0, 0.05) is 49.7 Å². The monoisotopic (exact) mass is 394 g/mol. The molecule has 3 N–H and O–H groups in total. The van der Waals surface area contributed by atoms with Crippen molar-refractivity contribution in [3.05, 3.63) is 17.8 Å². The third-order valence-corrected chi connectivity index (χ3v) is 5.24. The van der Waals surface area contributed by atoms with E-state index in [0.717, 1.165) is 62.3 Å². The number of nitrogens with zero attached hydrogens (tertiary/aromatic N) is 3. The topological polar surface area (TPSA) is 74.3 Å². The molecule has 1 aromatic heterocycles. The first-order chi connectivity index (χ1) is 13.2. The van der Waals surface area contributed by atoms with Gasteiger partial charge in [-0.1, -0.05) is 18.0 Å². The van der Waals surface area contributed by atoms with Crippen molar-refractivity contribution < 1.29 is 4.74 Å². The number of ether oxygens (including phenoxy) is 1. The minimum absolute atomic E-state index is 0.480. The minimum atomic E-state index is 0.480. The molecule has 0 bridgehead atoms. The van der Waals surface area contributed by atoms with Crippen LogP contribution in [0.2, 0.25) is 0 Å². The summed E-state index contributed by atoms with van der Waals surface area (Å²) in [5.74, 6) is 2.66. The molecule has 2 heterocycles. The second kappa shape index (κ2) is 12.2. The highest BCUT2D eigenvalue weighted by molar-refractivity contribution is 7.97. The van der Waals surface area contributed by atoms with Crippen LogP contribution in [0.1, 0.15) is 32.8 Å². The fourth-order valence-corrected chi connectivity index (χ4v) is 3.41. The number of aromatic nitrogens is 2. The summed E-state index contributed by atoms with van der Waals surface area (Å²) in [7, 11) is 1.96. The molecule has 0 aromatic carbocycles. The molecule has 152 valence electrons. The normalized spacial score (nSPS) is 14.3. The molecule has 0 fully saturated rings. The van der Waals surface area contributed by atoms with E-state index in [2.05, 4.69) is 52.1 Å². The van der Waals surface area contributed by atoms with E-state index in [1.54, 1.807) is 11.9 Å². The predicted octanol–water partition coefficient (Wildman–Crippen LogP) is 2.38. The maximum absolute atomic E-state index is 5.46. The zero-order valence-electron chi connectivity index (χ0n) is 17.0. The molecular weight excluding hydrogens is 360 g/mol. The molecule has 0 aliphatic carbocycles. The molecule has 7 nitrogen and oxygen atoms in total. The zero-order chi connectivity index (χ0) is 19.5. The van der Waals surface area contributed by atoms with Crippen LogP contribution in [-0.2, 0) is 4.74 Å². The first-order valence-corrected chi connectivity index (χ1v) is 10.8. The van der Waals surface area contributed by atoms with Crippen molar-refractivity contribution >= 4 is 29.3 Å². The molecule has 27 heavy (non-hydrogen) atoms. The second-order valence-electron chi connectivity index (χ2n) is 6.72. The Morgan fingerprint density at radius 1 is 1.33 bits per heavy atom. The van der Waals surface area contributed by atoms with Gasteiger partial charge in [-0.05, 0) is 39.8 Å². The molecule has 1 aliphatic heterocycles. The lowest BCUT2D eigenvalue weighted by molar-refractivity contribution is 0.161. The van der Waals surface area contributed by atoms with E-state index in [1.165, 1.54) is 5.57 Å². The maximum Gasteiger partial charge on any atom is 0.227 e. The van der Waals surface area contributed by atoms with Gasteiger partial charge in [-0.15, -0.1) is 0 Å². The van der Waals surface area contributed by atoms with E-state index >= 15 is 0 Å². The highest BCUT2D eigenvalue weighted by Gasteiger charge is 2.16. The van der Waals surface area contributed by atoms with Crippen LogP contribution in [-0.4, -0.2) is 68.2 Å². The van der Waals surface area contributed by atoms with Gasteiger partial charge >= 0.3 is 0 Å². The summed E-state index contributed by atoms with van der Waals surface area (Å²) in [6.07, 6.45) is 5.00. The van der Waals surface area contributed by atoms with Crippen molar-refractivity contribution in [2.75, 3.05) is 62.4 Å². The Morgan fingerprint density at radius 3 is 2.85 bits per heavy atom. The highest BCUT2D eigenvalue weighted by atomic mass is 32.2. The Hall–Kier alpha value is -1.35. The Bertz CT molecular complexity index is 596. The standard InChI is InChI=1S/C19H34N6OS/c1-5-25(10-8-20-4)19-22-14-17(16-6-11-26-12-7-16)18(23-19)21-9-13-27-24-15(2)3/h6,14-15,20,24H,5,7-13H2,1-4H3,(H,21,22,23). The van der Waals surface area contributed by atoms with Gasteiger partial charge in [0.05, 0.1) is 13.2 Å². The molecule has 1 aromatic rings. The summed E-state index contributed by atoms with van der Waals surface area (Å²) in [5, 5.41) is 6.72. The molecule has 8 heteroatoms. The van der Waals surface area contributed by atoms with Crippen LogP contribution in [0.3, 0.4) is 0 Å². The van der Waals surface area contributed by atoms with Crippen LogP contribution >= 0.6 is 11.9 Å². The van der Waals surface area contributed by atoms with E-state index in [4.69, 9.17) is 9.72 Å². The summed E-state index contributed by atoms with van der Waals surface area (Å²) in [6.45, 7) is 11.4. The maximum atomic E-state index is 5.46. The Morgan fingerprint density at radius 2 is 2.19 bits per heavy atom. The van der Waals surface area contributed by atoms with E-state index < -0.39 is 0 Å². The van der Waals surface area contributed by atoms with Crippen LogP contribution in [0.5, 0.6) is 0 Å². The molecule has 1 aliphatic rings. The van der Waals surface area contributed by atoms with Crippen LogP contribution in [0, 0.1) is 0 Å². The van der Waals surface area contributed by atoms with Crippen LogP contribution in [0.25, 0.3) is 5.57 Å². The lowest BCUT2D eigenvalue weighted by atomic mass is 10.0. The third-order valence-electron chi connectivity index (χ3n) is 4.20. The van der Waals surface area contributed by atoms with Crippen LogP contribution in [0.4, 0.5) is 11.8 Å². The van der Waals surface area contributed by atoms with Crippen molar-refractivity contribution in [1.82, 2.24) is 20.0 Å². The van der Waals surface area contributed by atoms with Gasteiger partial charge in [-0.25, -0.2) is 4.98 Å². The zero-order valence-corrected chi connectivity index (χ0v) is 17.9. The van der Waals surface area contributed by atoms with Gasteiger partial charge in [0.25, 0.3) is 0 Å². The predicted molar refractivity (Wildman–Crippen MR) is 116 cm³/mol. The van der Waals surface area contributed by atoms with Crippen molar-refractivity contribution in [1.29, 1.82) is 0 Å². The average Bonchev–Trinajstić information content (AvgIpc) is 2.69. The summed E-state index contributed by atoms with van der Waals surface area (Å²) in [4.78, 5) is 11.7. The third kappa shape index (κ3) is 7.29. The van der Waals surface area contributed by atoms with Crippen molar-refractivity contribution in [3.8, 4) is 0 Å². The highest BCUT2D eigenvalue weighted by Crippen LogP contribution is 2.27. The lowest BCUT2D eigenvalue weighted by Gasteiger charge is -2.23. The number of hydrogen-bond donors (Lipinski definition) is 3. The molecule has 2 rings (SSSR count). The van der Waals surface area contributed by atoms with Crippen molar-refractivity contribution in [2.45, 2.75) is 33.2 Å². The number of anilines is 2. The van der Waals surface area contributed by atoms with Gasteiger partial charge in [0.15, 0.2) is 0 Å². The molecule has 0 spiro atoms.